The van der Waals surface area contributed by atoms with Crippen LogP contribution in [-0.2, 0) is 23.9 Å². The Bertz CT molecular complexity index is 1030. The first-order valence-electron chi connectivity index (χ1n) is 14.3. The number of alkyl carbamates (subject to hydrolysis) is 1. The third kappa shape index (κ3) is 8.07. The highest BCUT2D eigenvalue weighted by atomic mass is 16.6. The number of hydrogen-bond donors (Lipinski definition) is 3. The lowest BCUT2D eigenvalue weighted by atomic mass is 9.85. The lowest BCUT2D eigenvalue weighted by Gasteiger charge is -2.38. The Hall–Kier alpha value is -2.91. The van der Waals surface area contributed by atoms with Crippen LogP contribution in [0.25, 0.3) is 0 Å². The molecular formula is C30H50N4O6. The molecule has 0 aromatic heterocycles. The first kappa shape index (κ1) is 33.3. The van der Waals surface area contributed by atoms with Crippen molar-refractivity contribution in [1.29, 1.82) is 0 Å². The van der Waals surface area contributed by atoms with Gasteiger partial charge in [0.2, 0.25) is 17.6 Å². The standard InChI is InChI=1S/C30H50N4O6/c1-12-13-19(22(35)25(37)31-15-14-17(2)3)32-24(36)21-20-18(30(20,10)11)16-34(21)26(38)23(28(4,5)6)33-27(39)40-29(7,8)9/h14,18-21,23H,12-13,15-16H2,1-11H3,(H,31,37)(H,32,36)(H,33,39)/t18-,19-,20-,21-,23+/m0/s1. The Morgan fingerprint density at radius 1 is 1.02 bits per heavy atom. The molecule has 5 atom stereocenters. The zero-order valence-electron chi connectivity index (χ0n) is 26.2. The summed E-state index contributed by atoms with van der Waals surface area (Å²) in [5, 5.41) is 8.11. The number of allylic oxidation sites excluding steroid dienone is 1. The minimum absolute atomic E-state index is 0.0949. The van der Waals surface area contributed by atoms with Crippen molar-refractivity contribution in [2.75, 3.05) is 13.1 Å². The van der Waals surface area contributed by atoms with E-state index in [1.165, 1.54) is 4.90 Å². The van der Waals surface area contributed by atoms with Crippen LogP contribution in [0.1, 0.15) is 89.0 Å². The first-order chi connectivity index (χ1) is 18.2. The first-order valence-corrected chi connectivity index (χ1v) is 14.3. The predicted octanol–water partition coefficient (Wildman–Crippen LogP) is 3.35. The van der Waals surface area contributed by atoms with E-state index in [0.717, 1.165) is 5.57 Å². The monoisotopic (exact) mass is 562 g/mol. The summed E-state index contributed by atoms with van der Waals surface area (Å²) in [7, 11) is 0. The van der Waals surface area contributed by atoms with Gasteiger partial charge in [-0.25, -0.2) is 4.79 Å². The molecule has 0 radical (unpaired) electrons. The van der Waals surface area contributed by atoms with Crippen LogP contribution in [0.4, 0.5) is 4.79 Å². The molecule has 3 N–H and O–H groups in total. The van der Waals surface area contributed by atoms with Gasteiger partial charge in [-0.2, -0.15) is 0 Å². The van der Waals surface area contributed by atoms with Crippen molar-refractivity contribution >= 4 is 29.6 Å². The van der Waals surface area contributed by atoms with Gasteiger partial charge in [0.05, 0.1) is 6.04 Å². The fourth-order valence-electron chi connectivity index (χ4n) is 5.46. The van der Waals surface area contributed by atoms with E-state index in [9.17, 15) is 24.0 Å². The fourth-order valence-corrected chi connectivity index (χ4v) is 5.46. The van der Waals surface area contributed by atoms with E-state index in [1.807, 2.05) is 41.5 Å². The summed E-state index contributed by atoms with van der Waals surface area (Å²) in [4.78, 5) is 67.4. The number of likely N-dealkylation sites (tertiary alicyclic amines) is 1. The summed E-state index contributed by atoms with van der Waals surface area (Å²) in [6.07, 6.45) is 1.96. The zero-order chi connectivity index (χ0) is 30.8. The maximum atomic E-state index is 14.0. The lowest BCUT2D eigenvalue weighted by Crippen LogP contribution is -2.60. The van der Waals surface area contributed by atoms with Gasteiger partial charge in [0.25, 0.3) is 5.91 Å². The van der Waals surface area contributed by atoms with Crippen LogP contribution in [0.15, 0.2) is 11.6 Å². The van der Waals surface area contributed by atoms with E-state index in [1.54, 1.807) is 26.8 Å². The van der Waals surface area contributed by atoms with E-state index >= 15 is 0 Å². The normalized spacial score (nSPS) is 22.8. The van der Waals surface area contributed by atoms with Gasteiger partial charge < -0.3 is 25.6 Å². The molecule has 1 heterocycles. The summed E-state index contributed by atoms with van der Waals surface area (Å²) >= 11 is 0. The van der Waals surface area contributed by atoms with Crippen LogP contribution in [0.5, 0.6) is 0 Å². The molecule has 0 spiro atoms. The van der Waals surface area contributed by atoms with E-state index < -0.39 is 52.8 Å². The Kier molecular flexibility index (Phi) is 10.2. The van der Waals surface area contributed by atoms with Gasteiger partial charge >= 0.3 is 6.09 Å². The van der Waals surface area contributed by atoms with E-state index in [-0.39, 0.29) is 29.7 Å². The van der Waals surface area contributed by atoms with Gasteiger partial charge in [0.1, 0.15) is 17.7 Å². The van der Waals surface area contributed by atoms with Gasteiger partial charge in [-0.3, -0.25) is 19.2 Å². The molecule has 1 aliphatic heterocycles. The molecule has 1 aliphatic carbocycles. The number of fused-ring (bicyclic) bond motifs is 1. The molecule has 0 bridgehead atoms. The van der Waals surface area contributed by atoms with Crippen molar-refractivity contribution in [3.8, 4) is 0 Å². The molecule has 1 saturated heterocycles. The van der Waals surface area contributed by atoms with Crippen LogP contribution in [0.3, 0.4) is 0 Å². The smallest absolute Gasteiger partial charge is 0.408 e. The fraction of sp³-hybridized carbons (Fsp3) is 0.767. The van der Waals surface area contributed by atoms with Crippen molar-refractivity contribution in [3.63, 3.8) is 0 Å². The van der Waals surface area contributed by atoms with Crippen molar-refractivity contribution < 1.29 is 28.7 Å². The Balaban J connectivity index is 2.28. The molecule has 40 heavy (non-hydrogen) atoms. The highest BCUT2D eigenvalue weighted by Crippen LogP contribution is 2.65. The number of piperidine rings is 1. The molecule has 0 aromatic carbocycles. The van der Waals surface area contributed by atoms with Crippen molar-refractivity contribution in [2.45, 2.75) is 113 Å². The average molecular weight is 563 g/mol. The van der Waals surface area contributed by atoms with Crippen LogP contribution in [0, 0.1) is 22.7 Å². The Morgan fingerprint density at radius 2 is 1.62 bits per heavy atom. The molecule has 226 valence electrons. The highest BCUT2D eigenvalue weighted by Gasteiger charge is 2.70. The quantitative estimate of drug-likeness (QED) is 0.276. The van der Waals surface area contributed by atoms with Crippen LogP contribution < -0.4 is 16.0 Å². The van der Waals surface area contributed by atoms with E-state index in [4.69, 9.17) is 4.74 Å². The number of ketones is 1. The van der Waals surface area contributed by atoms with Gasteiger partial charge in [-0.15, -0.1) is 0 Å². The molecule has 2 rings (SSSR count). The second kappa shape index (κ2) is 12.3. The molecule has 1 saturated carbocycles. The summed E-state index contributed by atoms with van der Waals surface area (Å²) in [6.45, 7) is 21.1. The third-order valence-electron chi connectivity index (χ3n) is 7.74. The maximum absolute atomic E-state index is 14.0. The van der Waals surface area contributed by atoms with Crippen molar-refractivity contribution in [2.24, 2.45) is 22.7 Å². The Morgan fingerprint density at radius 3 is 2.12 bits per heavy atom. The van der Waals surface area contributed by atoms with E-state index in [2.05, 4.69) is 29.8 Å². The van der Waals surface area contributed by atoms with Crippen molar-refractivity contribution in [1.82, 2.24) is 20.9 Å². The molecule has 0 unspecified atom stereocenters. The number of carbonyl (C=O) groups excluding carboxylic acids is 5. The number of hydrogen-bond acceptors (Lipinski definition) is 6. The lowest BCUT2D eigenvalue weighted by molar-refractivity contribution is -0.145. The SMILES string of the molecule is CCC[C@H](NC(=O)[C@@H]1[C@@H]2[C@H](CN1C(=O)[C@@H](NC(=O)OC(C)(C)C)C(C)(C)C)C2(C)C)C(=O)C(=O)NCC=C(C)C. The van der Waals surface area contributed by atoms with Gasteiger partial charge in [0, 0.05) is 13.1 Å². The molecule has 2 aliphatic rings. The molecule has 0 aromatic rings. The maximum Gasteiger partial charge on any atom is 0.408 e. The third-order valence-corrected chi connectivity index (χ3v) is 7.74. The number of amides is 4. The average Bonchev–Trinajstić information content (AvgIpc) is 3.13. The molecule has 10 heteroatoms. The molecular weight excluding hydrogens is 512 g/mol. The highest BCUT2D eigenvalue weighted by molar-refractivity contribution is 6.38. The largest absolute Gasteiger partial charge is 0.444 e. The topological polar surface area (TPSA) is 134 Å². The van der Waals surface area contributed by atoms with Crippen LogP contribution >= 0.6 is 0 Å². The molecule has 4 amide bonds. The zero-order valence-corrected chi connectivity index (χ0v) is 26.2. The van der Waals surface area contributed by atoms with E-state index in [0.29, 0.717) is 19.4 Å². The second-order valence-corrected chi connectivity index (χ2v) is 14.0. The van der Waals surface area contributed by atoms with Gasteiger partial charge in [0.15, 0.2) is 0 Å². The molecule has 2 fully saturated rings. The number of nitrogens with one attached hydrogen (secondary N) is 3. The summed E-state index contributed by atoms with van der Waals surface area (Å²) in [5.74, 6) is -2.28. The summed E-state index contributed by atoms with van der Waals surface area (Å²) in [5.41, 5.74) is -0.550. The van der Waals surface area contributed by atoms with Gasteiger partial charge in [-0.05, 0) is 63.7 Å². The number of nitrogens with zero attached hydrogens (tertiary/aromatic N) is 1. The van der Waals surface area contributed by atoms with Crippen molar-refractivity contribution in [3.05, 3.63) is 11.6 Å². The van der Waals surface area contributed by atoms with Crippen LogP contribution in [0.2, 0.25) is 0 Å². The number of rotatable bonds is 10. The number of ether oxygens (including phenoxy) is 1. The van der Waals surface area contributed by atoms with Gasteiger partial charge in [-0.1, -0.05) is 59.6 Å². The minimum atomic E-state index is -1.000. The predicted molar refractivity (Wildman–Crippen MR) is 153 cm³/mol. The number of Topliss-reactive ketones (excluding diaryl/α,β-unsaturated/α-hetero) is 1. The summed E-state index contributed by atoms with van der Waals surface area (Å²) < 4.78 is 5.40. The summed E-state index contributed by atoms with van der Waals surface area (Å²) in [6, 6.07) is -2.76. The molecule has 10 nitrogen and oxygen atoms in total. The van der Waals surface area contributed by atoms with Crippen LogP contribution in [-0.4, -0.2) is 71.3 Å². The second-order valence-electron chi connectivity index (χ2n) is 14.0. The minimum Gasteiger partial charge on any atom is -0.444 e. The number of carbonyl (C=O) groups is 5. The Labute approximate surface area is 239 Å².